The van der Waals surface area contributed by atoms with E-state index in [1.54, 1.807) is 0 Å². The molecule has 0 radical (unpaired) electrons. The molecule has 0 saturated heterocycles. The van der Waals surface area contributed by atoms with Crippen LogP contribution in [0.15, 0.2) is 48.5 Å². The van der Waals surface area contributed by atoms with Crippen molar-refractivity contribution in [2.75, 3.05) is 5.32 Å². The molecule has 0 aliphatic heterocycles. The van der Waals surface area contributed by atoms with Gasteiger partial charge in [-0.2, -0.15) is 0 Å². The standard InChI is InChI=1S/C34H42N4O2/c1-3-15-26(16-4-2)33-37-31-28-18-13-14-19-29(28)36-34(32(31)38-33)35-27-23-21-25(22-24-27)17-11-9-7-5-6-8-10-12-20-30(39)40/h13-14,18-19,21-24,26H,3-10,12,15-16,20H2,1-2H3,(H,35,36)(H,37,38)(H,39,40). The molecule has 0 bridgehead atoms. The van der Waals surface area contributed by atoms with Gasteiger partial charge in [-0.05, 0) is 56.0 Å². The molecule has 0 saturated carbocycles. The van der Waals surface area contributed by atoms with Gasteiger partial charge in [0, 0.05) is 35.4 Å². The second-order valence-electron chi connectivity index (χ2n) is 10.6. The summed E-state index contributed by atoms with van der Waals surface area (Å²) < 4.78 is 0. The second-order valence-corrected chi connectivity index (χ2v) is 10.6. The summed E-state index contributed by atoms with van der Waals surface area (Å²) in [6, 6.07) is 16.4. The zero-order valence-electron chi connectivity index (χ0n) is 23.9. The Kier molecular flexibility index (Phi) is 11.0. The topological polar surface area (TPSA) is 90.9 Å². The predicted molar refractivity (Wildman–Crippen MR) is 165 cm³/mol. The van der Waals surface area contributed by atoms with Crippen LogP contribution in [0.4, 0.5) is 11.5 Å². The van der Waals surface area contributed by atoms with Crippen molar-refractivity contribution in [2.24, 2.45) is 0 Å². The summed E-state index contributed by atoms with van der Waals surface area (Å²) in [5.74, 6) is 8.15. The van der Waals surface area contributed by atoms with Gasteiger partial charge in [-0.3, -0.25) is 4.79 Å². The van der Waals surface area contributed by atoms with Gasteiger partial charge >= 0.3 is 5.97 Å². The Balaban J connectivity index is 1.40. The zero-order valence-corrected chi connectivity index (χ0v) is 23.9. The lowest BCUT2D eigenvalue weighted by Gasteiger charge is -2.11. The van der Waals surface area contributed by atoms with Crippen LogP contribution in [-0.4, -0.2) is 26.0 Å². The number of rotatable bonds is 15. The summed E-state index contributed by atoms with van der Waals surface area (Å²) in [4.78, 5) is 24.2. The number of unbranched alkanes of at least 4 members (excludes halogenated alkanes) is 6. The number of nitrogens with one attached hydrogen (secondary N) is 2. The van der Waals surface area contributed by atoms with Crippen molar-refractivity contribution in [3.8, 4) is 11.8 Å². The molecule has 0 aliphatic rings. The van der Waals surface area contributed by atoms with E-state index in [4.69, 9.17) is 15.1 Å². The first-order valence-electron chi connectivity index (χ1n) is 14.9. The van der Waals surface area contributed by atoms with Crippen LogP contribution in [0.2, 0.25) is 0 Å². The quantitative estimate of drug-likeness (QED) is 0.104. The number of imidazole rings is 1. The number of hydrogen-bond acceptors (Lipinski definition) is 4. The number of aliphatic carboxylic acids is 1. The van der Waals surface area contributed by atoms with Crippen molar-refractivity contribution in [2.45, 2.75) is 96.8 Å². The SMILES string of the molecule is CCCC(CCC)c1nc2c([nH]1)c(Nc1ccc(C#CCCCCCCCCC(=O)O)cc1)nc1ccccc12. The van der Waals surface area contributed by atoms with Gasteiger partial charge in [0.05, 0.1) is 5.52 Å². The first-order chi connectivity index (χ1) is 19.6. The summed E-state index contributed by atoms with van der Waals surface area (Å²) in [6.45, 7) is 4.47. The van der Waals surface area contributed by atoms with E-state index in [1.807, 2.05) is 30.3 Å². The number of nitrogens with zero attached hydrogens (tertiary/aromatic N) is 2. The number of anilines is 2. The van der Waals surface area contributed by atoms with Gasteiger partial charge in [0.25, 0.3) is 0 Å². The molecular formula is C34H42N4O2. The van der Waals surface area contributed by atoms with E-state index in [9.17, 15) is 4.79 Å². The number of pyridine rings is 1. The molecule has 0 atom stereocenters. The van der Waals surface area contributed by atoms with Crippen LogP contribution in [-0.2, 0) is 4.79 Å². The molecule has 3 N–H and O–H groups in total. The molecule has 0 aliphatic carbocycles. The number of aromatic amines is 1. The van der Waals surface area contributed by atoms with Gasteiger partial charge in [-0.25, -0.2) is 9.97 Å². The van der Waals surface area contributed by atoms with Gasteiger partial charge in [0.15, 0.2) is 5.82 Å². The molecule has 210 valence electrons. The minimum Gasteiger partial charge on any atom is -0.481 e. The number of carbonyl (C=O) groups is 1. The summed E-state index contributed by atoms with van der Waals surface area (Å²) in [6.07, 6.45) is 11.9. The highest BCUT2D eigenvalue weighted by Crippen LogP contribution is 2.33. The van der Waals surface area contributed by atoms with Crippen LogP contribution in [0, 0.1) is 11.8 Å². The fraction of sp³-hybridized carbons (Fsp3) is 0.441. The van der Waals surface area contributed by atoms with Gasteiger partial charge in [-0.15, -0.1) is 0 Å². The van der Waals surface area contributed by atoms with Gasteiger partial charge < -0.3 is 15.4 Å². The van der Waals surface area contributed by atoms with Crippen LogP contribution in [0.3, 0.4) is 0 Å². The number of H-pyrrole nitrogens is 1. The van der Waals surface area contributed by atoms with Crippen molar-refractivity contribution in [1.29, 1.82) is 0 Å². The van der Waals surface area contributed by atoms with Crippen molar-refractivity contribution in [1.82, 2.24) is 15.0 Å². The van der Waals surface area contributed by atoms with E-state index in [0.29, 0.717) is 5.92 Å². The Morgan fingerprint density at radius 2 is 1.62 bits per heavy atom. The maximum atomic E-state index is 10.5. The Bertz CT molecular complexity index is 1440. The molecule has 0 amide bonds. The number of benzene rings is 2. The van der Waals surface area contributed by atoms with Crippen LogP contribution < -0.4 is 5.32 Å². The fourth-order valence-electron chi connectivity index (χ4n) is 5.24. The average molecular weight is 539 g/mol. The first-order valence-corrected chi connectivity index (χ1v) is 14.9. The lowest BCUT2D eigenvalue weighted by Crippen LogP contribution is -2.00. The molecule has 6 nitrogen and oxygen atoms in total. The summed E-state index contributed by atoms with van der Waals surface area (Å²) >= 11 is 0. The van der Waals surface area contributed by atoms with E-state index in [2.05, 4.69) is 54.2 Å². The summed E-state index contributed by atoms with van der Waals surface area (Å²) in [7, 11) is 0. The number of para-hydroxylation sites is 1. The predicted octanol–water partition coefficient (Wildman–Crippen LogP) is 9.10. The Morgan fingerprint density at radius 3 is 2.35 bits per heavy atom. The zero-order chi connectivity index (χ0) is 28.2. The highest BCUT2D eigenvalue weighted by atomic mass is 16.4. The van der Waals surface area contributed by atoms with Crippen molar-refractivity contribution in [3.63, 3.8) is 0 Å². The number of carboxylic acids is 1. The number of fused-ring (bicyclic) bond motifs is 3. The monoisotopic (exact) mass is 538 g/mol. The van der Waals surface area contributed by atoms with Crippen molar-refractivity contribution < 1.29 is 9.90 Å². The normalized spacial score (nSPS) is 11.2. The number of hydrogen-bond donors (Lipinski definition) is 3. The molecule has 4 aromatic rings. The summed E-state index contributed by atoms with van der Waals surface area (Å²) in [5.41, 5.74) is 4.83. The minimum atomic E-state index is -0.698. The van der Waals surface area contributed by atoms with E-state index < -0.39 is 5.97 Å². The molecule has 4 rings (SSSR count). The largest absolute Gasteiger partial charge is 0.481 e. The Hall–Kier alpha value is -3.85. The number of aromatic nitrogens is 3. The fourth-order valence-corrected chi connectivity index (χ4v) is 5.24. The lowest BCUT2D eigenvalue weighted by atomic mass is 9.98. The van der Waals surface area contributed by atoms with Crippen LogP contribution in [0.5, 0.6) is 0 Å². The molecule has 0 unspecified atom stereocenters. The first kappa shape index (κ1) is 29.1. The molecule has 2 heterocycles. The minimum absolute atomic E-state index is 0.283. The van der Waals surface area contributed by atoms with Gasteiger partial charge in [0.1, 0.15) is 16.9 Å². The van der Waals surface area contributed by atoms with Crippen LogP contribution >= 0.6 is 0 Å². The third-order valence-corrected chi connectivity index (χ3v) is 7.33. The summed E-state index contributed by atoms with van der Waals surface area (Å²) in [5, 5.41) is 13.3. The molecule has 0 spiro atoms. The molecular weight excluding hydrogens is 496 g/mol. The molecule has 0 fully saturated rings. The highest BCUT2D eigenvalue weighted by molar-refractivity contribution is 6.07. The van der Waals surface area contributed by atoms with Gasteiger partial charge in [-0.1, -0.05) is 82.4 Å². The molecule has 40 heavy (non-hydrogen) atoms. The van der Waals surface area contributed by atoms with E-state index in [0.717, 1.165) is 115 Å². The van der Waals surface area contributed by atoms with Crippen LogP contribution in [0.1, 0.15) is 108 Å². The Morgan fingerprint density at radius 1 is 0.925 bits per heavy atom. The van der Waals surface area contributed by atoms with E-state index in [-0.39, 0.29) is 6.42 Å². The number of carboxylic acid groups (broad SMARTS) is 1. The van der Waals surface area contributed by atoms with Crippen molar-refractivity contribution >= 4 is 39.4 Å². The lowest BCUT2D eigenvalue weighted by molar-refractivity contribution is -0.137. The third kappa shape index (κ3) is 8.08. The third-order valence-electron chi connectivity index (χ3n) is 7.33. The molecule has 2 aromatic carbocycles. The average Bonchev–Trinajstić information content (AvgIpc) is 3.41. The maximum Gasteiger partial charge on any atom is 0.303 e. The van der Waals surface area contributed by atoms with E-state index in [1.165, 1.54) is 0 Å². The van der Waals surface area contributed by atoms with E-state index >= 15 is 0 Å². The molecule has 6 heteroatoms. The second kappa shape index (κ2) is 15.1. The highest BCUT2D eigenvalue weighted by Gasteiger charge is 2.18. The molecule has 2 aromatic heterocycles. The van der Waals surface area contributed by atoms with Crippen LogP contribution in [0.25, 0.3) is 21.9 Å². The Labute approximate surface area is 238 Å². The van der Waals surface area contributed by atoms with Crippen molar-refractivity contribution in [3.05, 3.63) is 59.9 Å². The maximum absolute atomic E-state index is 10.5. The van der Waals surface area contributed by atoms with Gasteiger partial charge in [0.2, 0.25) is 0 Å². The smallest absolute Gasteiger partial charge is 0.303 e.